The Balaban J connectivity index is 3.11. The SMILES string of the molecule is NCCCCCOC(O)/C(OC1OC(CO)C(OC(O)/C(O)=C(/O)C(O)CCO)C(O)C1O)=C(\O)C(O)CCO. The largest absolute Gasteiger partial charge is 0.506 e. The molecule has 0 aliphatic carbocycles. The van der Waals surface area contributed by atoms with Crippen LogP contribution in [0.3, 0.4) is 0 Å². The predicted molar refractivity (Wildman–Crippen MR) is 132 cm³/mol. The lowest BCUT2D eigenvalue weighted by atomic mass is 9.99. The molecule has 14 N–H and O–H groups in total. The molecule has 1 heterocycles. The van der Waals surface area contributed by atoms with Crippen LogP contribution in [0.1, 0.15) is 32.1 Å². The molecule has 1 rings (SSSR count). The molecule has 9 unspecified atom stereocenters. The fourth-order valence-corrected chi connectivity index (χ4v) is 3.57. The van der Waals surface area contributed by atoms with Crippen LogP contribution >= 0.6 is 0 Å². The first-order valence-electron chi connectivity index (χ1n) is 12.7. The molecule has 0 aromatic heterocycles. The van der Waals surface area contributed by atoms with Gasteiger partial charge < -0.3 is 86.0 Å². The number of rotatable bonds is 19. The van der Waals surface area contributed by atoms with Crippen LogP contribution in [0.5, 0.6) is 0 Å². The zero-order chi connectivity index (χ0) is 30.4. The van der Waals surface area contributed by atoms with Gasteiger partial charge in [-0.2, -0.15) is 0 Å². The van der Waals surface area contributed by atoms with Gasteiger partial charge in [0.2, 0.25) is 18.9 Å². The molecule has 40 heavy (non-hydrogen) atoms. The van der Waals surface area contributed by atoms with Crippen molar-refractivity contribution in [3.05, 3.63) is 23.0 Å². The lowest BCUT2D eigenvalue weighted by Gasteiger charge is -2.42. The number of aliphatic hydroxyl groups is 12. The van der Waals surface area contributed by atoms with Crippen molar-refractivity contribution in [3.8, 4) is 0 Å². The minimum Gasteiger partial charge on any atom is -0.506 e. The molecule has 1 fully saturated rings. The third-order valence-electron chi connectivity index (χ3n) is 5.88. The molecule has 1 aliphatic heterocycles. The normalized spacial score (nSPS) is 27.8. The maximum absolute atomic E-state index is 10.6. The van der Waals surface area contributed by atoms with E-state index in [-0.39, 0.29) is 13.0 Å². The van der Waals surface area contributed by atoms with Gasteiger partial charge in [-0.25, -0.2) is 0 Å². The van der Waals surface area contributed by atoms with Gasteiger partial charge >= 0.3 is 0 Å². The van der Waals surface area contributed by atoms with Crippen LogP contribution in [0.25, 0.3) is 0 Å². The second kappa shape index (κ2) is 18.6. The summed E-state index contributed by atoms with van der Waals surface area (Å²) in [7, 11) is 0. The van der Waals surface area contributed by atoms with E-state index in [2.05, 4.69) is 0 Å². The third kappa shape index (κ3) is 10.5. The van der Waals surface area contributed by atoms with Crippen LogP contribution in [-0.4, -0.2) is 150 Å². The minimum atomic E-state index is -2.39. The van der Waals surface area contributed by atoms with Crippen molar-refractivity contribution < 1.29 is 80.2 Å². The zero-order valence-electron chi connectivity index (χ0n) is 21.8. The molecule has 236 valence electrons. The Labute approximate surface area is 230 Å². The van der Waals surface area contributed by atoms with E-state index in [1.807, 2.05) is 0 Å². The molecule has 0 radical (unpaired) electrons. The maximum atomic E-state index is 10.6. The highest BCUT2D eigenvalue weighted by Crippen LogP contribution is 2.29. The van der Waals surface area contributed by atoms with Crippen LogP contribution in [0, 0.1) is 0 Å². The molecule has 0 saturated carbocycles. The Bertz CT molecular complexity index is 780. The van der Waals surface area contributed by atoms with Crippen molar-refractivity contribution in [2.24, 2.45) is 5.73 Å². The molecule has 9 atom stereocenters. The van der Waals surface area contributed by atoms with E-state index in [9.17, 15) is 51.1 Å². The number of ether oxygens (including phenoxy) is 4. The summed E-state index contributed by atoms with van der Waals surface area (Å²) in [5.74, 6) is -4.22. The molecule has 0 aromatic rings. The zero-order valence-corrected chi connectivity index (χ0v) is 21.8. The van der Waals surface area contributed by atoms with Crippen molar-refractivity contribution in [1.29, 1.82) is 0 Å². The first kappa shape index (κ1) is 36.2. The van der Waals surface area contributed by atoms with E-state index in [1.54, 1.807) is 0 Å². The fraction of sp³-hybridized carbons (Fsp3) is 0.826. The Morgan fingerprint density at radius 1 is 0.775 bits per heavy atom. The first-order chi connectivity index (χ1) is 18.9. The van der Waals surface area contributed by atoms with E-state index in [0.29, 0.717) is 25.8 Å². The molecule has 1 saturated heterocycles. The predicted octanol–water partition coefficient (Wildman–Crippen LogP) is -3.81. The van der Waals surface area contributed by atoms with E-state index in [1.165, 1.54) is 0 Å². The van der Waals surface area contributed by atoms with E-state index in [4.69, 9.17) is 34.9 Å². The molecule has 0 bridgehead atoms. The lowest BCUT2D eigenvalue weighted by molar-refractivity contribution is -0.320. The standard InChI is InChI=1S/C23H43NO16/c24-6-2-1-3-9-37-22(36)20(15(31)12(29)5-8-26)40-23-18(34)16(32)19(13(10-27)38-23)39-21(35)17(33)14(30)11(28)4-7-25/h11-13,16,18-19,21-23,25-36H,1-10,24H2/b17-14-,20-15+. The summed E-state index contributed by atoms with van der Waals surface area (Å²) in [5.41, 5.74) is 5.42. The van der Waals surface area contributed by atoms with E-state index < -0.39 is 105 Å². The van der Waals surface area contributed by atoms with Gasteiger partial charge in [-0.05, 0) is 25.8 Å². The van der Waals surface area contributed by atoms with Crippen LogP contribution in [0.4, 0.5) is 0 Å². The average molecular weight is 590 g/mol. The van der Waals surface area contributed by atoms with Gasteiger partial charge in [0, 0.05) is 26.1 Å². The first-order valence-corrected chi connectivity index (χ1v) is 12.7. The minimum absolute atomic E-state index is 0.0297. The molecule has 0 amide bonds. The Hall–Kier alpha value is -1.84. The second-order valence-electron chi connectivity index (χ2n) is 8.93. The smallest absolute Gasteiger partial charge is 0.229 e. The summed E-state index contributed by atoms with van der Waals surface area (Å²) in [6.07, 6.45) is -16.2. The summed E-state index contributed by atoms with van der Waals surface area (Å²) in [5, 5.41) is 119. The Kier molecular flexibility index (Phi) is 16.8. The average Bonchev–Trinajstić information content (AvgIpc) is 2.93. The quantitative estimate of drug-likeness (QED) is 0.0390. The van der Waals surface area contributed by atoms with Crippen molar-refractivity contribution in [2.75, 3.05) is 33.0 Å². The van der Waals surface area contributed by atoms with Crippen LogP contribution in [0.15, 0.2) is 23.0 Å². The summed E-state index contributed by atoms with van der Waals surface area (Å²) < 4.78 is 21.0. The van der Waals surface area contributed by atoms with Gasteiger partial charge in [0.1, 0.15) is 36.6 Å². The molecular weight excluding hydrogens is 546 g/mol. The summed E-state index contributed by atoms with van der Waals surface area (Å²) in [6, 6.07) is 0. The lowest BCUT2D eigenvalue weighted by Crippen LogP contribution is -2.61. The maximum Gasteiger partial charge on any atom is 0.229 e. The van der Waals surface area contributed by atoms with Crippen molar-refractivity contribution in [2.45, 2.75) is 87.6 Å². The highest BCUT2D eigenvalue weighted by Gasteiger charge is 2.48. The van der Waals surface area contributed by atoms with Crippen LogP contribution < -0.4 is 5.73 Å². The second-order valence-corrected chi connectivity index (χ2v) is 8.93. The third-order valence-corrected chi connectivity index (χ3v) is 5.88. The number of nitrogens with two attached hydrogens (primary N) is 1. The van der Waals surface area contributed by atoms with Gasteiger partial charge in [0.25, 0.3) is 0 Å². The molecule has 1 aliphatic rings. The summed E-state index contributed by atoms with van der Waals surface area (Å²) >= 11 is 0. The molecular formula is C23H43NO16. The van der Waals surface area contributed by atoms with Gasteiger partial charge in [0.15, 0.2) is 23.0 Å². The number of hydrogen-bond donors (Lipinski definition) is 13. The summed E-state index contributed by atoms with van der Waals surface area (Å²) in [6.45, 7) is -1.64. The highest BCUT2D eigenvalue weighted by atomic mass is 16.7. The van der Waals surface area contributed by atoms with Gasteiger partial charge in [-0.1, -0.05) is 0 Å². The van der Waals surface area contributed by atoms with Gasteiger partial charge in [-0.3, -0.25) is 0 Å². The number of aliphatic hydroxyl groups excluding tert-OH is 12. The Morgan fingerprint density at radius 3 is 1.93 bits per heavy atom. The van der Waals surface area contributed by atoms with Crippen LogP contribution in [0.2, 0.25) is 0 Å². The van der Waals surface area contributed by atoms with Crippen molar-refractivity contribution in [3.63, 3.8) is 0 Å². The highest BCUT2D eigenvalue weighted by molar-refractivity contribution is 5.09. The van der Waals surface area contributed by atoms with E-state index >= 15 is 0 Å². The van der Waals surface area contributed by atoms with Crippen molar-refractivity contribution in [1.82, 2.24) is 0 Å². The molecule has 17 heteroatoms. The topological polar surface area (TPSA) is 306 Å². The van der Waals surface area contributed by atoms with E-state index in [0.717, 1.165) is 0 Å². The monoisotopic (exact) mass is 589 g/mol. The Morgan fingerprint density at radius 2 is 1.38 bits per heavy atom. The van der Waals surface area contributed by atoms with Crippen molar-refractivity contribution >= 4 is 0 Å². The molecule has 17 nitrogen and oxygen atoms in total. The number of hydrogen-bond acceptors (Lipinski definition) is 17. The van der Waals surface area contributed by atoms with Gasteiger partial charge in [0.05, 0.1) is 13.2 Å². The fourth-order valence-electron chi connectivity index (χ4n) is 3.57. The number of unbranched alkanes of at least 4 members (excludes halogenated alkanes) is 2. The molecule has 0 spiro atoms. The summed E-state index contributed by atoms with van der Waals surface area (Å²) in [4.78, 5) is 0. The van der Waals surface area contributed by atoms with Crippen LogP contribution in [-0.2, 0) is 18.9 Å². The molecule has 0 aromatic carbocycles. The van der Waals surface area contributed by atoms with Gasteiger partial charge in [-0.15, -0.1) is 0 Å².